The second-order valence-electron chi connectivity index (χ2n) is 7.81. The highest BCUT2D eigenvalue weighted by Gasteiger charge is 2.17. The van der Waals surface area contributed by atoms with Crippen molar-refractivity contribution in [1.29, 1.82) is 0 Å². The molecule has 9 heteroatoms. The molecule has 0 aliphatic rings. The minimum atomic E-state index is -0.483. The topological polar surface area (TPSA) is 121 Å². The minimum absolute atomic E-state index is 0.0602. The van der Waals surface area contributed by atoms with Crippen molar-refractivity contribution in [2.75, 3.05) is 12.4 Å². The molecule has 3 aromatic carbocycles. The van der Waals surface area contributed by atoms with Crippen molar-refractivity contribution in [3.8, 4) is 28.5 Å². The van der Waals surface area contributed by atoms with E-state index in [1.54, 1.807) is 49.6 Å². The fraction of sp³-hybridized carbons (Fsp3) is 0.0769. The number of carbonyl (C=O) groups is 1. The Kier molecular flexibility index (Phi) is 5.50. The lowest BCUT2D eigenvalue weighted by atomic mass is 10.1. The number of nitrogens with one attached hydrogen (secondary N) is 1. The molecule has 0 aliphatic heterocycles. The highest BCUT2D eigenvalue weighted by molar-refractivity contribution is 6.03. The van der Waals surface area contributed by atoms with Crippen LogP contribution in [-0.2, 0) is 0 Å². The number of non-ortho nitro benzene ring substituents is 1. The lowest BCUT2D eigenvalue weighted by Crippen LogP contribution is -2.11. The normalized spacial score (nSPS) is 10.9. The van der Waals surface area contributed by atoms with Crippen LogP contribution >= 0.6 is 0 Å². The van der Waals surface area contributed by atoms with Gasteiger partial charge >= 0.3 is 0 Å². The van der Waals surface area contributed by atoms with Gasteiger partial charge in [-0.1, -0.05) is 18.2 Å². The lowest BCUT2D eigenvalue weighted by molar-refractivity contribution is -0.384. The molecule has 35 heavy (non-hydrogen) atoms. The first-order valence-corrected chi connectivity index (χ1v) is 10.6. The molecule has 2 heterocycles. The van der Waals surface area contributed by atoms with Gasteiger partial charge in [-0.3, -0.25) is 14.9 Å². The summed E-state index contributed by atoms with van der Waals surface area (Å²) in [4.78, 5) is 28.0. The van der Waals surface area contributed by atoms with Crippen LogP contribution in [0.5, 0.6) is 5.75 Å². The number of nitro groups is 1. The molecule has 0 bridgehead atoms. The molecule has 0 atom stereocenters. The summed E-state index contributed by atoms with van der Waals surface area (Å²) in [5, 5.41) is 13.9. The molecular weight excluding hydrogens is 450 g/mol. The third-order valence-electron chi connectivity index (χ3n) is 5.50. The summed E-state index contributed by atoms with van der Waals surface area (Å²) < 4.78 is 16.8. The van der Waals surface area contributed by atoms with Gasteiger partial charge in [-0.2, -0.15) is 0 Å². The van der Waals surface area contributed by atoms with Crippen LogP contribution in [0, 0.1) is 17.0 Å². The number of aromatic nitrogens is 1. The number of amides is 1. The number of fused-ring (bicyclic) bond motifs is 1. The summed E-state index contributed by atoms with van der Waals surface area (Å²) in [7, 11) is 1.59. The highest BCUT2D eigenvalue weighted by atomic mass is 16.6. The molecule has 9 nitrogen and oxygen atoms in total. The van der Waals surface area contributed by atoms with Crippen molar-refractivity contribution in [1.82, 2.24) is 4.98 Å². The highest BCUT2D eigenvalue weighted by Crippen LogP contribution is 2.30. The van der Waals surface area contributed by atoms with Gasteiger partial charge in [0.2, 0.25) is 5.89 Å². The number of rotatable bonds is 6. The molecule has 0 saturated heterocycles. The van der Waals surface area contributed by atoms with E-state index in [1.807, 2.05) is 19.1 Å². The van der Waals surface area contributed by atoms with Crippen LogP contribution in [0.4, 0.5) is 11.4 Å². The van der Waals surface area contributed by atoms with E-state index in [0.717, 1.165) is 5.56 Å². The van der Waals surface area contributed by atoms with Crippen LogP contribution in [-0.4, -0.2) is 22.9 Å². The van der Waals surface area contributed by atoms with Crippen LogP contribution in [0.3, 0.4) is 0 Å². The molecule has 0 spiro atoms. The Morgan fingerprint density at radius 2 is 1.86 bits per heavy atom. The molecule has 1 amide bonds. The minimum Gasteiger partial charge on any atom is -0.497 e. The number of ether oxygens (including phenoxy) is 1. The van der Waals surface area contributed by atoms with Gasteiger partial charge in [-0.15, -0.1) is 0 Å². The third kappa shape index (κ3) is 4.34. The average molecular weight is 469 g/mol. The predicted molar refractivity (Wildman–Crippen MR) is 129 cm³/mol. The average Bonchev–Trinajstić information content (AvgIpc) is 3.52. The molecule has 0 radical (unpaired) electrons. The van der Waals surface area contributed by atoms with Crippen LogP contribution in [0.1, 0.15) is 16.1 Å². The lowest BCUT2D eigenvalue weighted by Gasteiger charge is -2.08. The Balaban J connectivity index is 1.39. The van der Waals surface area contributed by atoms with Gasteiger partial charge in [0.15, 0.2) is 11.3 Å². The van der Waals surface area contributed by atoms with Gasteiger partial charge in [0.25, 0.3) is 11.6 Å². The standard InChI is InChI=1S/C26H19N3O6/c1-15-6-7-17(26-28-21-14-19(33-2)8-9-23(21)35-26)13-20(15)27-25(30)24-11-10-22(34-24)16-4-3-5-18(12-16)29(31)32/h3-14H,1-2H3,(H,27,30). The van der Waals surface area contributed by atoms with E-state index in [-0.39, 0.29) is 11.4 Å². The number of carbonyl (C=O) groups excluding carboxylic acids is 1. The molecular formula is C26H19N3O6. The zero-order valence-corrected chi connectivity index (χ0v) is 18.8. The van der Waals surface area contributed by atoms with Gasteiger partial charge in [0.05, 0.1) is 12.0 Å². The van der Waals surface area contributed by atoms with Crippen LogP contribution in [0.25, 0.3) is 33.9 Å². The molecule has 0 fully saturated rings. The number of furan rings is 1. The monoisotopic (exact) mass is 469 g/mol. The van der Waals surface area contributed by atoms with E-state index in [4.69, 9.17) is 13.6 Å². The van der Waals surface area contributed by atoms with E-state index in [9.17, 15) is 14.9 Å². The van der Waals surface area contributed by atoms with E-state index < -0.39 is 10.8 Å². The third-order valence-corrected chi connectivity index (χ3v) is 5.50. The second kappa shape index (κ2) is 8.79. The Labute approximate surface area is 199 Å². The van der Waals surface area contributed by atoms with Gasteiger partial charge < -0.3 is 18.9 Å². The fourth-order valence-corrected chi connectivity index (χ4v) is 3.62. The molecule has 5 rings (SSSR count). The first-order valence-electron chi connectivity index (χ1n) is 10.6. The predicted octanol–water partition coefficient (Wildman–Crippen LogP) is 6.23. The summed E-state index contributed by atoms with van der Waals surface area (Å²) in [5.41, 5.74) is 3.83. The largest absolute Gasteiger partial charge is 0.497 e. The number of nitrogens with zero attached hydrogens (tertiary/aromatic N) is 2. The van der Waals surface area contributed by atoms with Crippen molar-refractivity contribution < 1.29 is 23.3 Å². The van der Waals surface area contributed by atoms with E-state index >= 15 is 0 Å². The first kappa shape index (κ1) is 21.9. The Hall–Kier alpha value is -4.92. The van der Waals surface area contributed by atoms with Crippen molar-refractivity contribution in [3.05, 3.63) is 94.2 Å². The molecule has 2 aromatic heterocycles. The zero-order chi connectivity index (χ0) is 24.5. The maximum Gasteiger partial charge on any atom is 0.291 e. The number of nitro benzene ring substituents is 1. The Morgan fingerprint density at radius 3 is 2.66 bits per heavy atom. The summed E-state index contributed by atoms with van der Waals surface area (Å²) in [6.07, 6.45) is 0. The number of benzene rings is 3. The first-order chi connectivity index (χ1) is 16.9. The second-order valence-corrected chi connectivity index (χ2v) is 7.81. The Morgan fingerprint density at radius 1 is 1.00 bits per heavy atom. The van der Waals surface area contributed by atoms with Crippen LogP contribution in [0.15, 0.2) is 81.6 Å². The molecule has 0 unspecified atom stereocenters. The SMILES string of the molecule is COc1ccc2oc(-c3ccc(C)c(NC(=O)c4ccc(-c5cccc([N+](=O)[O-])c5)o4)c3)nc2c1. The number of aryl methyl sites for hydroxylation is 1. The van der Waals surface area contributed by atoms with Crippen molar-refractivity contribution >= 4 is 28.4 Å². The zero-order valence-electron chi connectivity index (χ0n) is 18.8. The summed E-state index contributed by atoms with van der Waals surface area (Å²) in [6.45, 7) is 1.87. The van der Waals surface area contributed by atoms with E-state index in [2.05, 4.69) is 10.3 Å². The van der Waals surface area contributed by atoms with E-state index in [0.29, 0.717) is 45.3 Å². The van der Waals surface area contributed by atoms with Crippen molar-refractivity contribution in [2.24, 2.45) is 0 Å². The fourth-order valence-electron chi connectivity index (χ4n) is 3.62. The van der Waals surface area contributed by atoms with Crippen LogP contribution in [0.2, 0.25) is 0 Å². The number of anilines is 1. The quantitative estimate of drug-likeness (QED) is 0.231. The molecule has 174 valence electrons. The van der Waals surface area contributed by atoms with Gasteiger partial charge in [0.1, 0.15) is 17.0 Å². The number of oxazole rings is 1. The summed E-state index contributed by atoms with van der Waals surface area (Å²) >= 11 is 0. The number of hydrogen-bond acceptors (Lipinski definition) is 7. The molecule has 5 aromatic rings. The van der Waals surface area contributed by atoms with Crippen molar-refractivity contribution in [2.45, 2.75) is 6.92 Å². The van der Waals surface area contributed by atoms with E-state index in [1.165, 1.54) is 18.2 Å². The van der Waals surface area contributed by atoms with Gasteiger partial charge in [-0.25, -0.2) is 4.98 Å². The maximum atomic E-state index is 12.9. The van der Waals surface area contributed by atoms with Gasteiger partial charge in [0, 0.05) is 35.0 Å². The van der Waals surface area contributed by atoms with Crippen molar-refractivity contribution in [3.63, 3.8) is 0 Å². The van der Waals surface area contributed by atoms with Gasteiger partial charge in [-0.05, 0) is 48.9 Å². The maximum absolute atomic E-state index is 12.9. The molecule has 0 aliphatic carbocycles. The summed E-state index contributed by atoms with van der Waals surface area (Å²) in [6, 6.07) is 20.0. The summed E-state index contributed by atoms with van der Waals surface area (Å²) in [5.74, 6) is 1.06. The molecule has 1 N–H and O–H groups in total. The number of hydrogen-bond donors (Lipinski definition) is 1. The number of methoxy groups -OCH3 is 1. The smallest absolute Gasteiger partial charge is 0.291 e. The van der Waals surface area contributed by atoms with Crippen LogP contribution < -0.4 is 10.1 Å². The Bertz CT molecular complexity index is 1580. The molecule has 0 saturated carbocycles.